The van der Waals surface area contributed by atoms with Crippen molar-refractivity contribution in [1.82, 2.24) is 0 Å². The van der Waals surface area contributed by atoms with Crippen molar-refractivity contribution in [2.75, 3.05) is 13.2 Å². The summed E-state index contributed by atoms with van der Waals surface area (Å²) < 4.78 is 28.5. The molecule has 0 spiro atoms. The van der Waals surface area contributed by atoms with Crippen LogP contribution in [0, 0.1) is 0 Å². The number of aliphatic hydroxyl groups excluding tert-OH is 4. The first kappa shape index (κ1) is 29.9. The van der Waals surface area contributed by atoms with Gasteiger partial charge in [-0.05, 0) is 17.5 Å². The van der Waals surface area contributed by atoms with Gasteiger partial charge in [0.05, 0.1) is 19.8 Å². The molecule has 1 aromatic rings. The number of hydrogen-bond acceptors (Lipinski definition) is 12. The number of aldehydes is 1. The first-order chi connectivity index (χ1) is 18.3. The lowest BCUT2D eigenvalue weighted by molar-refractivity contribution is -0.346. The fraction of sp³-hybridized carbons (Fsp3) is 0.652. The molecule has 15 heteroatoms. The summed E-state index contributed by atoms with van der Waals surface area (Å²) in [6.45, 7) is -0.611. The minimum atomic E-state index is -1.94. The summed E-state index contributed by atoms with van der Waals surface area (Å²) >= 11 is 0. The van der Waals surface area contributed by atoms with Crippen molar-refractivity contribution in [2.24, 2.45) is 5.11 Å². The molecule has 0 aliphatic carbocycles. The summed E-state index contributed by atoms with van der Waals surface area (Å²) in [5.74, 6) is -1.61. The molecule has 2 aliphatic rings. The van der Waals surface area contributed by atoms with E-state index in [0.717, 1.165) is 5.56 Å². The fourth-order valence-corrected chi connectivity index (χ4v) is 4.17. The molecule has 2 fully saturated rings. The van der Waals surface area contributed by atoms with Crippen LogP contribution in [0.5, 0.6) is 0 Å². The highest BCUT2D eigenvalue weighted by Crippen LogP contribution is 2.33. The lowest BCUT2D eigenvalue weighted by Gasteiger charge is -2.47. The van der Waals surface area contributed by atoms with Gasteiger partial charge in [0.1, 0.15) is 49.0 Å². The topological polar surface area (TPSA) is 230 Å². The predicted octanol–water partition coefficient (Wildman–Crippen LogP) is -0.759. The molecule has 5 N–H and O–H groups in total. The Morgan fingerprint density at radius 1 is 1.05 bits per heavy atom. The highest BCUT2D eigenvalue weighted by Gasteiger charge is 2.53. The van der Waals surface area contributed by atoms with Gasteiger partial charge in [-0.3, -0.25) is 0 Å². The number of hydrogen-bond donors (Lipinski definition) is 5. The van der Waals surface area contributed by atoms with Crippen molar-refractivity contribution < 1.29 is 58.8 Å². The molecule has 2 heterocycles. The lowest BCUT2D eigenvalue weighted by Crippen LogP contribution is -2.65. The number of aliphatic carboxylic acids is 1. The van der Waals surface area contributed by atoms with E-state index in [-0.39, 0.29) is 19.6 Å². The van der Waals surface area contributed by atoms with E-state index in [1.54, 1.807) is 30.3 Å². The van der Waals surface area contributed by atoms with Crippen molar-refractivity contribution in [3.63, 3.8) is 0 Å². The SMILES string of the molecule is [N-]=[N+]=N[C@H]1[C@H](OCCCC=O)O[C@H](CO)[C@@H](O[C@@H]2O[C@H](C(=O)O)[C@@H](O)[C@H](O)[C@H]2O)[C@@H]1OCc1ccccc1. The minimum Gasteiger partial charge on any atom is -0.479 e. The minimum absolute atomic E-state index is 0.00794. The number of carboxylic acid groups (broad SMARTS) is 1. The number of ether oxygens (including phenoxy) is 5. The molecule has 0 amide bonds. The normalized spacial score (nSPS) is 35.3. The van der Waals surface area contributed by atoms with E-state index in [4.69, 9.17) is 23.7 Å². The zero-order chi connectivity index (χ0) is 27.7. The van der Waals surface area contributed by atoms with E-state index >= 15 is 0 Å². The maximum Gasteiger partial charge on any atom is 0.335 e. The lowest BCUT2D eigenvalue weighted by atomic mass is 9.95. The molecule has 0 saturated carbocycles. The zero-order valence-corrected chi connectivity index (χ0v) is 20.2. The third-order valence-electron chi connectivity index (χ3n) is 6.12. The van der Waals surface area contributed by atoms with Gasteiger partial charge in [0.15, 0.2) is 18.7 Å². The molecular weight excluding hydrogens is 510 g/mol. The molecule has 15 nitrogen and oxygen atoms in total. The predicted molar refractivity (Wildman–Crippen MR) is 124 cm³/mol. The summed E-state index contributed by atoms with van der Waals surface area (Å²) in [5, 5.41) is 53.8. The van der Waals surface area contributed by atoms with E-state index in [1.807, 2.05) is 0 Å². The van der Waals surface area contributed by atoms with Gasteiger partial charge < -0.3 is 54.0 Å². The molecule has 210 valence electrons. The van der Waals surface area contributed by atoms with Crippen LogP contribution in [0.15, 0.2) is 35.4 Å². The average molecular weight is 542 g/mol. The maximum atomic E-state index is 11.5. The number of azide groups is 1. The molecule has 0 bridgehead atoms. The Balaban J connectivity index is 1.90. The number of aliphatic hydroxyl groups is 4. The molecular formula is C23H31N3O12. The van der Waals surface area contributed by atoms with Crippen LogP contribution in [0.2, 0.25) is 0 Å². The fourth-order valence-electron chi connectivity index (χ4n) is 4.17. The van der Waals surface area contributed by atoms with E-state index < -0.39 is 73.9 Å². The quantitative estimate of drug-likeness (QED) is 0.0682. The van der Waals surface area contributed by atoms with Gasteiger partial charge in [0.25, 0.3) is 0 Å². The molecule has 3 rings (SSSR count). The Labute approximate surface area is 217 Å². The smallest absolute Gasteiger partial charge is 0.335 e. The molecule has 0 unspecified atom stereocenters. The van der Waals surface area contributed by atoms with Gasteiger partial charge in [-0.2, -0.15) is 0 Å². The van der Waals surface area contributed by atoms with Crippen molar-refractivity contribution in [2.45, 2.75) is 80.8 Å². The monoisotopic (exact) mass is 541 g/mol. The molecule has 2 aliphatic heterocycles. The summed E-state index contributed by atoms with van der Waals surface area (Å²) in [4.78, 5) is 25.0. The Morgan fingerprint density at radius 2 is 1.79 bits per heavy atom. The summed E-state index contributed by atoms with van der Waals surface area (Å²) in [7, 11) is 0. The highest BCUT2D eigenvalue weighted by atomic mass is 16.7. The first-order valence-electron chi connectivity index (χ1n) is 11.9. The van der Waals surface area contributed by atoms with E-state index in [0.29, 0.717) is 12.7 Å². The van der Waals surface area contributed by atoms with Crippen LogP contribution in [0.25, 0.3) is 10.4 Å². The number of unbranched alkanes of at least 4 members (excludes halogenated alkanes) is 1. The standard InChI is InChI=1S/C23H31N3O12/c24-26-25-14-19(35-11-12-6-2-1-3-7-12)18(13(10-28)36-22(14)34-9-5-4-8-27)37-23-17(31)15(29)16(30)20(38-23)21(32)33/h1-3,6-8,13-20,22-23,28-31H,4-5,9-11H2,(H,32,33)/t13-,14-,15+,16+,17-,18-,19-,20+,22-,23-/m1/s1. The summed E-state index contributed by atoms with van der Waals surface area (Å²) in [6, 6.07) is 7.72. The molecule has 0 aromatic heterocycles. The van der Waals surface area contributed by atoms with E-state index in [9.17, 15) is 40.7 Å². The Morgan fingerprint density at radius 3 is 2.42 bits per heavy atom. The van der Waals surface area contributed by atoms with Gasteiger partial charge in [0.2, 0.25) is 0 Å². The Kier molecular flexibility index (Phi) is 11.4. The third kappa shape index (κ3) is 7.24. The van der Waals surface area contributed by atoms with Crippen molar-refractivity contribution >= 4 is 12.3 Å². The van der Waals surface area contributed by atoms with Gasteiger partial charge >= 0.3 is 5.97 Å². The Bertz CT molecular complexity index is 949. The number of carboxylic acids is 1. The van der Waals surface area contributed by atoms with Crippen molar-refractivity contribution in [3.05, 3.63) is 46.3 Å². The molecule has 2 saturated heterocycles. The second-order valence-corrected chi connectivity index (χ2v) is 8.70. The zero-order valence-electron chi connectivity index (χ0n) is 20.2. The summed E-state index contributed by atoms with van der Waals surface area (Å²) in [5.41, 5.74) is 9.98. The number of rotatable bonds is 13. The second-order valence-electron chi connectivity index (χ2n) is 8.70. The Hall–Kier alpha value is -2.69. The average Bonchev–Trinajstić information content (AvgIpc) is 2.92. The summed E-state index contributed by atoms with van der Waals surface area (Å²) in [6.07, 6.45) is -13.1. The van der Waals surface area contributed by atoms with Crippen LogP contribution < -0.4 is 0 Å². The number of benzene rings is 1. The molecule has 1 aromatic carbocycles. The van der Waals surface area contributed by atoms with Crippen molar-refractivity contribution in [3.8, 4) is 0 Å². The third-order valence-corrected chi connectivity index (χ3v) is 6.12. The van der Waals surface area contributed by atoms with Crippen LogP contribution in [0.3, 0.4) is 0 Å². The molecule has 38 heavy (non-hydrogen) atoms. The number of carbonyl (C=O) groups excluding carboxylic acids is 1. The first-order valence-corrected chi connectivity index (χ1v) is 11.9. The molecule has 0 radical (unpaired) electrons. The highest BCUT2D eigenvalue weighted by molar-refractivity contribution is 5.73. The van der Waals surface area contributed by atoms with Crippen LogP contribution in [-0.2, 0) is 39.9 Å². The van der Waals surface area contributed by atoms with Gasteiger partial charge in [-0.25, -0.2) is 4.79 Å². The molecule has 10 atom stereocenters. The van der Waals surface area contributed by atoms with Crippen molar-refractivity contribution in [1.29, 1.82) is 0 Å². The van der Waals surface area contributed by atoms with Gasteiger partial charge in [0, 0.05) is 11.3 Å². The van der Waals surface area contributed by atoms with Crippen LogP contribution in [-0.4, -0.2) is 112 Å². The van der Waals surface area contributed by atoms with Crippen LogP contribution >= 0.6 is 0 Å². The van der Waals surface area contributed by atoms with E-state index in [1.165, 1.54) is 0 Å². The van der Waals surface area contributed by atoms with Gasteiger partial charge in [-0.1, -0.05) is 35.4 Å². The largest absolute Gasteiger partial charge is 0.479 e. The second kappa shape index (κ2) is 14.5. The van der Waals surface area contributed by atoms with E-state index in [2.05, 4.69) is 10.0 Å². The van der Waals surface area contributed by atoms with Crippen LogP contribution in [0.1, 0.15) is 18.4 Å². The maximum absolute atomic E-state index is 11.5. The number of nitrogens with zero attached hydrogens (tertiary/aromatic N) is 3. The number of carbonyl (C=O) groups is 2. The van der Waals surface area contributed by atoms with Gasteiger partial charge in [-0.15, -0.1) is 0 Å². The van der Waals surface area contributed by atoms with Crippen LogP contribution in [0.4, 0.5) is 0 Å².